The zero-order valence-electron chi connectivity index (χ0n) is 12.4. The molecule has 0 saturated heterocycles. The average Bonchev–Trinajstić information content (AvgIpc) is 2.61. The highest BCUT2D eigenvalue weighted by molar-refractivity contribution is 5.46. The minimum atomic E-state index is 0.0498. The van der Waals surface area contributed by atoms with E-state index in [0.29, 0.717) is 11.8 Å². The molecule has 2 aromatic rings. The summed E-state index contributed by atoms with van der Waals surface area (Å²) in [4.78, 5) is 17.1. The second kappa shape index (κ2) is 3.96. The molecule has 0 radical (unpaired) electrons. The molecular formula is C18H20N2O. The highest BCUT2D eigenvalue weighted by atomic mass is 16.1. The second-order valence-electron chi connectivity index (χ2n) is 7.38. The lowest BCUT2D eigenvalue weighted by molar-refractivity contribution is 0.164. The largest absolute Gasteiger partial charge is 0.302 e. The van der Waals surface area contributed by atoms with Gasteiger partial charge in [-0.05, 0) is 68.9 Å². The molecule has 6 rings (SSSR count). The predicted molar refractivity (Wildman–Crippen MR) is 81.7 cm³/mol. The number of nitrogens with zero attached hydrogens (tertiary/aromatic N) is 2. The van der Waals surface area contributed by atoms with E-state index in [1.165, 1.54) is 43.5 Å². The molecule has 2 aromatic heterocycles. The molecule has 108 valence electrons. The van der Waals surface area contributed by atoms with Crippen molar-refractivity contribution in [3.63, 3.8) is 0 Å². The van der Waals surface area contributed by atoms with Crippen LogP contribution in [0.3, 0.4) is 0 Å². The number of fused-ring (bicyclic) bond motifs is 1. The number of aromatic nitrogens is 2. The molecule has 4 aliphatic carbocycles. The SMILES string of the molecule is Cc1cccc2nc(=O)c3c(n12)C1CC2CC(CC3C2)C1. The van der Waals surface area contributed by atoms with Crippen LogP contribution in [0.15, 0.2) is 23.0 Å². The van der Waals surface area contributed by atoms with Crippen molar-refractivity contribution in [1.29, 1.82) is 0 Å². The van der Waals surface area contributed by atoms with E-state index in [0.717, 1.165) is 23.0 Å². The molecule has 3 heteroatoms. The Hall–Kier alpha value is -1.64. The van der Waals surface area contributed by atoms with Gasteiger partial charge in [-0.3, -0.25) is 4.79 Å². The normalized spacial score (nSPS) is 33.2. The lowest BCUT2D eigenvalue weighted by atomic mass is 9.67. The minimum Gasteiger partial charge on any atom is -0.302 e. The molecule has 3 nitrogen and oxygen atoms in total. The third-order valence-corrected chi connectivity index (χ3v) is 6.06. The number of hydrogen-bond acceptors (Lipinski definition) is 2. The number of hydrogen-bond donors (Lipinski definition) is 0. The van der Waals surface area contributed by atoms with Gasteiger partial charge in [0, 0.05) is 22.9 Å². The minimum absolute atomic E-state index is 0.0498. The first-order valence-electron chi connectivity index (χ1n) is 8.23. The molecule has 2 atom stereocenters. The molecule has 4 aliphatic rings. The van der Waals surface area contributed by atoms with Gasteiger partial charge in [0.2, 0.25) is 0 Å². The molecule has 0 N–H and O–H groups in total. The van der Waals surface area contributed by atoms with Crippen molar-refractivity contribution < 1.29 is 0 Å². The van der Waals surface area contributed by atoms with Crippen LogP contribution in [-0.2, 0) is 0 Å². The standard InChI is InChI=1S/C18H20N2O/c1-10-3-2-4-15-19-18(21)16-13-6-11-5-12(7-13)9-14(8-11)17(16)20(10)15/h2-4,11-14H,5-9H2,1H3. The van der Waals surface area contributed by atoms with E-state index < -0.39 is 0 Å². The lowest BCUT2D eigenvalue weighted by Gasteiger charge is -2.38. The van der Waals surface area contributed by atoms with Gasteiger partial charge in [0.1, 0.15) is 5.65 Å². The van der Waals surface area contributed by atoms with Crippen LogP contribution < -0.4 is 5.56 Å². The Balaban J connectivity index is 1.92. The highest BCUT2D eigenvalue weighted by Crippen LogP contribution is 2.55. The van der Waals surface area contributed by atoms with E-state index in [1.54, 1.807) is 0 Å². The molecule has 0 amide bonds. The van der Waals surface area contributed by atoms with Gasteiger partial charge < -0.3 is 4.40 Å². The fraction of sp³-hybridized carbons (Fsp3) is 0.556. The first-order valence-corrected chi connectivity index (χ1v) is 8.23. The van der Waals surface area contributed by atoms with E-state index in [2.05, 4.69) is 22.4 Å². The third kappa shape index (κ3) is 1.55. The van der Waals surface area contributed by atoms with Crippen LogP contribution in [0.2, 0.25) is 0 Å². The Morgan fingerprint density at radius 2 is 1.76 bits per heavy atom. The molecule has 2 fully saturated rings. The first-order chi connectivity index (χ1) is 10.2. The van der Waals surface area contributed by atoms with Gasteiger partial charge in [-0.2, -0.15) is 4.98 Å². The highest BCUT2D eigenvalue weighted by Gasteiger charge is 2.44. The van der Waals surface area contributed by atoms with Crippen molar-refractivity contribution in [2.45, 2.75) is 50.9 Å². The molecule has 0 spiro atoms. The quantitative estimate of drug-likeness (QED) is 0.741. The summed E-state index contributed by atoms with van der Waals surface area (Å²) in [5, 5.41) is 0. The lowest BCUT2D eigenvalue weighted by Crippen LogP contribution is -2.26. The summed E-state index contributed by atoms with van der Waals surface area (Å²) in [5.41, 5.74) is 4.47. The summed E-state index contributed by atoms with van der Waals surface area (Å²) in [6.45, 7) is 2.13. The maximum Gasteiger partial charge on any atom is 0.276 e. The zero-order valence-corrected chi connectivity index (χ0v) is 12.4. The summed E-state index contributed by atoms with van der Waals surface area (Å²) in [6.07, 6.45) is 6.38. The molecule has 0 aliphatic heterocycles. The van der Waals surface area contributed by atoms with Crippen LogP contribution in [0.25, 0.3) is 5.65 Å². The molecule has 2 heterocycles. The number of pyridine rings is 1. The van der Waals surface area contributed by atoms with Crippen LogP contribution in [0, 0.1) is 18.8 Å². The molecule has 4 bridgehead atoms. The zero-order chi connectivity index (χ0) is 14.1. The van der Waals surface area contributed by atoms with Gasteiger partial charge >= 0.3 is 0 Å². The van der Waals surface area contributed by atoms with Crippen molar-refractivity contribution >= 4 is 5.65 Å². The molecule has 2 saturated carbocycles. The van der Waals surface area contributed by atoms with Crippen LogP contribution in [0.1, 0.15) is 60.9 Å². The average molecular weight is 280 g/mol. The van der Waals surface area contributed by atoms with Gasteiger partial charge in [0.05, 0.1) is 0 Å². The van der Waals surface area contributed by atoms with E-state index in [-0.39, 0.29) is 5.56 Å². The Kier molecular flexibility index (Phi) is 2.26. The van der Waals surface area contributed by atoms with E-state index in [9.17, 15) is 4.79 Å². The summed E-state index contributed by atoms with van der Waals surface area (Å²) in [7, 11) is 0. The van der Waals surface area contributed by atoms with E-state index in [1.807, 2.05) is 12.1 Å². The third-order valence-electron chi connectivity index (χ3n) is 6.06. The first kappa shape index (κ1) is 12.0. The summed E-state index contributed by atoms with van der Waals surface area (Å²) in [5.74, 6) is 2.70. The molecule has 21 heavy (non-hydrogen) atoms. The van der Waals surface area contributed by atoms with Crippen molar-refractivity contribution in [2.75, 3.05) is 0 Å². The maximum atomic E-state index is 12.7. The van der Waals surface area contributed by atoms with Gasteiger partial charge in [0.15, 0.2) is 0 Å². The number of aryl methyl sites for hydroxylation is 1. The summed E-state index contributed by atoms with van der Waals surface area (Å²) >= 11 is 0. The number of rotatable bonds is 0. The van der Waals surface area contributed by atoms with Crippen molar-refractivity contribution in [3.05, 3.63) is 45.5 Å². The molecular weight excluding hydrogens is 260 g/mol. The summed E-state index contributed by atoms with van der Waals surface area (Å²) < 4.78 is 2.28. The fourth-order valence-corrected chi connectivity index (χ4v) is 5.49. The topological polar surface area (TPSA) is 34.4 Å². The van der Waals surface area contributed by atoms with Crippen LogP contribution in [0.5, 0.6) is 0 Å². The van der Waals surface area contributed by atoms with E-state index in [4.69, 9.17) is 0 Å². The predicted octanol–water partition coefficient (Wildman–Crippen LogP) is 3.39. The van der Waals surface area contributed by atoms with Crippen LogP contribution >= 0.6 is 0 Å². The van der Waals surface area contributed by atoms with Gasteiger partial charge in [-0.1, -0.05) is 6.07 Å². The Morgan fingerprint density at radius 1 is 1.05 bits per heavy atom. The second-order valence-corrected chi connectivity index (χ2v) is 7.38. The van der Waals surface area contributed by atoms with Gasteiger partial charge in [0.25, 0.3) is 5.56 Å². The van der Waals surface area contributed by atoms with Crippen LogP contribution in [-0.4, -0.2) is 9.38 Å². The van der Waals surface area contributed by atoms with E-state index >= 15 is 0 Å². The monoisotopic (exact) mass is 280 g/mol. The van der Waals surface area contributed by atoms with Crippen molar-refractivity contribution in [1.82, 2.24) is 9.38 Å². The maximum absolute atomic E-state index is 12.7. The summed E-state index contributed by atoms with van der Waals surface area (Å²) in [6, 6.07) is 6.11. The van der Waals surface area contributed by atoms with Crippen LogP contribution in [0.4, 0.5) is 0 Å². The smallest absolute Gasteiger partial charge is 0.276 e. The Labute approximate surface area is 124 Å². The fourth-order valence-electron chi connectivity index (χ4n) is 5.49. The van der Waals surface area contributed by atoms with Gasteiger partial charge in [-0.25, -0.2) is 0 Å². The molecule has 2 unspecified atom stereocenters. The van der Waals surface area contributed by atoms with Crippen molar-refractivity contribution in [2.24, 2.45) is 11.8 Å². The Bertz CT molecular complexity index is 793. The Morgan fingerprint density at radius 3 is 2.52 bits per heavy atom. The van der Waals surface area contributed by atoms with Crippen molar-refractivity contribution in [3.8, 4) is 0 Å². The van der Waals surface area contributed by atoms with Gasteiger partial charge in [-0.15, -0.1) is 0 Å². The molecule has 0 aromatic carbocycles.